The van der Waals surface area contributed by atoms with Crippen LogP contribution in [0.5, 0.6) is 0 Å². The van der Waals surface area contributed by atoms with E-state index in [0.717, 1.165) is 23.5 Å². The molecule has 0 bridgehead atoms. The van der Waals surface area contributed by atoms with Crippen molar-refractivity contribution < 1.29 is 9.59 Å². The van der Waals surface area contributed by atoms with Crippen molar-refractivity contribution in [2.24, 2.45) is 0 Å². The van der Waals surface area contributed by atoms with Gasteiger partial charge >= 0.3 is 0 Å². The van der Waals surface area contributed by atoms with E-state index in [1.54, 1.807) is 12.5 Å². The first kappa shape index (κ1) is 8.84. The summed E-state index contributed by atoms with van der Waals surface area (Å²) in [5, 5.41) is 1.51. The van der Waals surface area contributed by atoms with E-state index < -0.39 is 0 Å². The number of carbonyl (C=O) groups is 2. The lowest BCUT2D eigenvalue weighted by molar-refractivity contribution is 0.250. The minimum atomic E-state index is -0.311. The molecule has 0 rings (SSSR count). The minimum Gasteiger partial charge on any atom is -0.278 e. The highest BCUT2D eigenvalue weighted by atomic mass is 32.2. The summed E-state index contributed by atoms with van der Waals surface area (Å²) in [6.07, 6.45) is 3.23. The molecule has 0 aliphatic rings. The van der Waals surface area contributed by atoms with E-state index in [1.165, 1.54) is 0 Å². The molecular weight excluding hydrogens is 158 g/mol. The Morgan fingerprint density at radius 1 is 1.11 bits per heavy atom. The molecule has 2 amide bonds. The average molecular weight is 165 g/mol. The van der Waals surface area contributed by atoms with Crippen molar-refractivity contribution in [1.29, 1.82) is 0 Å². The van der Waals surface area contributed by atoms with Gasteiger partial charge in [0.1, 0.15) is 0 Å². The first-order chi connectivity index (χ1) is 4.20. The molecule has 0 aromatic carbocycles. The zero-order chi connectivity index (χ0) is 7.28. The van der Waals surface area contributed by atoms with Crippen molar-refractivity contribution in [3.8, 4) is 0 Å². The molecule has 5 heteroatoms. The fourth-order valence-electron chi connectivity index (χ4n) is 0.185. The van der Waals surface area contributed by atoms with Crippen molar-refractivity contribution in [2.75, 3.05) is 12.5 Å². The van der Waals surface area contributed by atoms with Crippen LogP contribution < -0.4 is 5.32 Å². The number of hydrogen-bond donors (Lipinski definition) is 1. The lowest BCUT2D eigenvalue weighted by atomic mass is 11.2. The van der Waals surface area contributed by atoms with Gasteiger partial charge in [-0.15, -0.1) is 0 Å². The van der Waals surface area contributed by atoms with Gasteiger partial charge in [0.2, 0.25) is 0 Å². The molecule has 52 valence electrons. The van der Waals surface area contributed by atoms with Gasteiger partial charge in [-0.25, -0.2) is 0 Å². The highest BCUT2D eigenvalue weighted by molar-refractivity contribution is 8.14. The highest BCUT2D eigenvalue weighted by Gasteiger charge is 2.02. The van der Waals surface area contributed by atoms with E-state index in [4.69, 9.17) is 0 Å². The van der Waals surface area contributed by atoms with Gasteiger partial charge in [0, 0.05) is 0 Å². The average Bonchev–Trinajstić information content (AvgIpc) is 1.87. The number of imide groups is 1. The molecule has 1 N–H and O–H groups in total. The summed E-state index contributed by atoms with van der Waals surface area (Å²) in [7, 11) is 0. The molecule has 0 saturated heterocycles. The van der Waals surface area contributed by atoms with Crippen LogP contribution in [0.2, 0.25) is 0 Å². The van der Waals surface area contributed by atoms with Crippen LogP contribution >= 0.6 is 23.5 Å². The van der Waals surface area contributed by atoms with Gasteiger partial charge in [-0.05, 0) is 12.5 Å². The molecule has 0 radical (unpaired) electrons. The molecule has 3 nitrogen and oxygen atoms in total. The number of amides is 2. The smallest absolute Gasteiger partial charge is 0.278 e. The Morgan fingerprint density at radius 3 is 1.67 bits per heavy atom. The van der Waals surface area contributed by atoms with E-state index in [0.29, 0.717) is 0 Å². The quantitative estimate of drug-likeness (QED) is 0.591. The standard InChI is InChI=1S/C4H7NO2S2/c1-8-3(6)5-4(7)9-2/h1-2H3,(H,5,6,7). The predicted octanol–water partition coefficient (Wildman–Crippen LogP) is 1.54. The van der Waals surface area contributed by atoms with Crippen LogP contribution in [0, 0.1) is 0 Å². The van der Waals surface area contributed by atoms with Crippen molar-refractivity contribution in [2.45, 2.75) is 0 Å². The van der Waals surface area contributed by atoms with E-state index in [-0.39, 0.29) is 10.5 Å². The van der Waals surface area contributed by atoms with Gasteiger partial charge in [-0.2, -0.15) is 0 Å². The van der Waals surface area contributed by atoms with E-state index >= 15 is 0 Å². The topological polar surface area (TPSA) is 46.2 Å². The normalized spacial score (nSPS) is 8.67. The minimum absolute atomic E-state index is 0.311. The summed E-state index contributed by atoms with van der Waals surface area (Å²) >= 11 is 1.97. The number of carbonyl (C=O) groups excluding carboxylic acids is 2. The molecule has 0 aromatic heterocycles. The Balaban J connectivity index is 3.47. The highest BCUT2D eigenvalue weighted by Crippen LogP contribution is 1.97. The summed E-state index contributed by atoms with van der Waals surface area (Å²) in [5.74, 6) is 0. The maximum atomic E-state index is 10.4. The van der Waals surface area contributed by atoms with Crippen LogP contribution in [0.3, 0.4) is 0 Å². The van der Waals surface area contributed by atoms with Gasteiger partial charge < -0.3 is 0 Å². The molecule has 0 aliphatic heterocycles. The Hall–Kier alpha value is -0.160. The fourth-order valence-corrected chi connectivity index (χ4v) is 0.640. The summed E-state index contributed by atoms with van der Waals surface area (Å²) in [6, 6.07) is 0. The van der Waals surface area contributed by atoms with Crippen molar-refractivity contribution in [1.82, 2.24) is 5.32 Å². The third kappa shape index (κ3) is 4.35. The van der Waals surface area contributed by atoms with Gasteiger partial charge in [-0.1, -0.05) is 23.5 Å². The molecule has 0 atom stereocenters. The Kier molecular flexibility index (Phi) is 4.61. The Morgan fingerprint density at radius 2 is 1.44 bits per heavy atom. The molecule has 0 aliphatic carbocycles. The molecule has 0 heterocycles. The number of hydrogen-bond acceptors (Lipinski definition) is 4. The van der Waals surface area contributed by atoms with Crippen LogP contribution in [0.15, 0.2) is 0 Å². The maximum Gasteiger partial charge on any atom is 0.286 e. The van der Waals surface area contributed by atoms with Crippen molar-refractivity contribution >= 4 is 34.0 Å². The van der Waals surface area contributed by atoms with Crippen molar-refractivity contribution in [3.63, 3.8) is 0 Å². The van der Waals surface area contributed by atoms with Gasteiger partial charge in [0.05, 0.1) is 0 Å². The lowest BCUT2D eigenvalue weighted by Gasteiger charge is -1.94. The second-order valence-electron chi connectivity index (χ2n) is 1.11. The molecule has 0 fully saturated rings. The number of thioether (sulfide) groups is 2. The molecular formula is C4H7NO2S2. The monoisotopic (exact) mass is 165 g/mol. The Bertz CT molecular complexity index is 112. The number of rotatable bonds is 0. The largest absolute Gasteiger partial charge is 0.286 e. The summed E-state index contributed by atoms with van der Waals surface area (Å²) < 4.78 is 0. The first-order valence-corrected chi connectivity index (χ1v) is 4.58. The second-order valence-corrected chi connectivity index (χ2v) is 2.67. The predicted molar refractivity (Wildman–Crippen MR) is 41.0 cm³/mol. The second kappa shape index (κ2) is 4.69. The first-order valence-electron chi connectivity index (χ1n) is 2.13. The molecule has 0 spiro atoms. The summed E-state index contributed by atoms with van der Waals surface area (Å²) in [4.78, 5) is 20.8. The van der Waals surface area contributed by atoms with Crippen molar-refractivity contribution in [3.05, 3.63) is 0 Å². The zero-order valence-electron chi connectivity index (χ0n) is 5.13. The van der Waals surface area contributed by atoms with E-state index in [9.17, 15) is 9.59 Å². The van der Waals surface area contributed by atoms with E-state index in [1.807, 2.05) is 0 Å². The molecule has 9 heavy (non-hydrogen) atoms. The third-order valence-corrected chi connectivity index (χ3v) is 1.52. The van der Waals surface area contributed by atoms with Crippen LogP contribution in [0.25, 0.3) is 0 Å². The maximum absolute atomic E-state index is 10.4. The van der Waals surface area contributed by atoms with Crippen LogP contribution in [-0.4, -0.2) is 23.0 Å². The molecule has 0 aromatic rings. The van der Waals surface area contributed by atoms with E-state index in [2.05, 4.69) is 5.32 Å². The Labute approximate surface area is 62.0 Å². The molecule has 0 saturated carbocycles. The van der Waals surface area contributed by atoms with Gasteiger partial charge in [-0.3, -0.25) is 14.9 Å². The lowest BCUT2D eigenvalue weighted by Crippen LogP contribution is -2.21. The van der Waals surface area contributed by atoms with Crippen LogP contribution in [-0.2, 0) is 0 Å². The SMILES string of the molecule is CSC(=O)NC(=O)SC. The summed E-state index contributed by atoms with van der Waals surface area (Å²) in [6.45, 7) is 0. The fraction of sp³-hybridized carbons (Fsp3) is 0.500. The zero-order valence-corrected chi connectivity index (χ0v) is 6.77. The van der Waals surface area contributed by atoms with Gasteiger partial charge in [0.15, 0.2) is 0 Å². The van der Waals surface area contributed by atoms with Gasteiger partial charge in [0.25, 0.3) is 10.5 Å². The van der Waals surface area contributed by atoms with Crippen LogP contribution in [0.4, 0.5) is 9.59 Å². The van der Waals surface area contributed by atoms with Crippen LogP contribution in [0.1, 0.15) is 0 Å². The number of nitrogens with one attached hydrogen (secondary N) is 1. The molecule has 0 unspecified atom stereocenters. The third-order valence-electron chi connectivity index (χ3n) is 0.575. The summed E-state index contributed by atoms with van der Waals surface area (Å²) in [5.41, 5.74) is 0.